The zero-order chi connectivity index (χ0) is 19.3. The zero-order valence-corrected chi connectivity index (χ0v) is 16.5. The molecule has 0 amide bonds. The normalized spacial score (nSPS) is 13.8. The van der Waals surface area contributed by atoms with Gasteiger partial charge in [-0.05, 0) is 51.0 Å². The Morgan fingerprint density at radius 2 is 1.61 bits per heavy atom. The van der Waals surface area contributed by atoms with Crippen molar-refractivity contribution < 1.29 is 0 Å². The van der Waals surface area contributed by atoms with Gasteiger partial charge in [-0.25, -0.2) is 4.98 Å². The summed E-state index contributed by atoms with van der Waals surface area (Å²) in [5.74, 6) is 1.42. The van der Waals surface area contributed by atoms with Crippen LogP contribution in [-0.2, 0) is 0 Å². The van der Waals surface area contributed by atoms with Gasteiger partial charge in [0.1, 0.15) is 5.82 Å². The van der Waals surface area contributed by atoms with Crippen LogP contribution in [0.1, 0.15) is 26.7 Å². The van der Waals surface area contributed by atoms with Crippen molar-refractivity contribution in [3.05, 3.63) is 60.7 Å². The lowest BCUT2D eigenvalue weighted by atomic mass is 10.1. The van der Waals surface area contributed by atoms with Gasteiger partial charge in [-0.3, -0.25) is 0 Å². The molecule has 2 aromatic carbocycles. The summed E-state index contributed by atoms with van der Waals surface area (Å²) >= 11 is 0. The van der Waals surface area contributed by atoms with E-state index in [0.717, 1.165) is 35.9 Å². The molecule has 5 nitrogen and oxygen atoms in total. The Bertz CT molecular complexity index is 900. The van der Waals surface area contributed by atoms with Crippen LogP contribution in [0.25, 0.3) is 11.3 Å². The van der Waals surface area contributed by atoms with E-state index in [4.69, 9.17) is 0 Å². The third-order valence-electron chi connectivity index (χ3n) is 4.82. The average molecular weight is 374 g/mol. The summed E-state index contributed by atoms with van der Waals surface area (Å²) < 4.78 is 0. The lowest BCUT2D eigenvalue weighted by molar-refractivity contribution is 0.876. The molecule has 0 aliphatic carbocycles. The average Bonchev–Trinajstić information content (AvgIpc) is 3.23. The molecular weight excluding hydrogens is 346 g/mol. The van der Waals surface area contributed by atoms with Crippen LogP contribution in [0, 0.1) is 0 Å². The second kappa shape index (κ2) is 8.30. The largest absolute Gasteiger partial charge is 0.372 e. The van der Waals surface area contributed by atoms with Crippen molar-refractivity contribution >= 4 is 23.1 Å². The molecule has 4 rings (SSSR count). The molecule has 2 heterocycles. The van der Waals surface area contributed by atoms with E-state index in [1.54, 1.807) is 0 Å². The quantitative estimate of drug-likeness (QED) is 0.613. The molecule has 0 atom stereocenters. The van der Waals surface area contributed by atoms with E-state index in [-0.39, 0.29) is 6.04 Å². The fraction of sp³-hybridized carbons (Fsp3) is 0.304. The van der Waals surface area contributed by atoms with E-state index in [1.165, 1.54) is 18.5 Å². The number of hydrogen-bond acceptors (Lipinski definition) is 5. The van der Waals surface area contributed by atoms with Gasteiger partial charge >= 0.3 is 0 Å². The first kappa shape index (κ1) is 18.3. The fourth-order valence-corrected chi connectivity index (χ4v) is 3.47. The molecule has 0 radical (unpaired) electrons. The van der Waals surface area contributed by atoms with Gasteiger partial charge in [0.05, 0.1) is 5.69 Å². The summed E-state index contributed by atoms with van der Waals surface area (Å²) in [6.45, 7) is 6.48. The van der Waals surface area contributed by atoms with E-state index in [0.29, 0.717) is 5.95 Å². The molecule has 28 heavy (non-hydrogen) atoms. The van der Waals surface area contributed by atoms with Gasteiger partial charge in [0.2, 0.25) is 5.95 Å². The maximum Gasteiger partial charge on any atom is 0.225 e. The monoisotopic (exact) mass is 373 g/mol. The second-order valence-electron chi connectivity index (χ2n) is 7.49. The Labute approximate surface area is 166 Å². The highest BCUT2D eigenvalue weighted by Gasteiger charge is 2.12. The van der Waals surface area contributed by atoms with E-state index < -0.39 is 0 Å². The van der Waals surface area contributed by atoms with Crippen LogP contribution in [0.15, 0.2) is 60.7 Å². The smallest absolute Gasteiger partial charge is 0.225 e. The van der Waals surface area contributed by atoms with Crippen LogP contribution in [0.3, 0.4) is 0 Å². The van der Waals surface area contributed by atoms with Crippen molar-refractivity contribution in [2.24, 2.45) is 0 Å². The Morgan fingerprint density at radius 1 is 0.893 bits per heavy atom. The Hall–Kier alpha value is -3.08. The van der Waals surface area contributed by atoms with Crippen molar-refractivity contribution in [3.63, 3.8) is 0 Å². The first-order chi connectivity index (χ1) is 13.7. The predicted molar refractivity (Wildman–Crippen MR) is 117 cm³/mol. The van der Waals surface area contributed by atoms with Gasteiger partial charge in [-0.1, -0.05) is 30.3 Å². The third-order valence-corrected chi connectivity index (χ3v) is 4.82. The minimum atomic E-state index is 0.263. The molecule has 1 fully saturated rings. The fourth-order valence-electron chi connectivity index (χ4n) is 3.47. The van der Waals surface area contributed by atoms with Crippen molar-refractivity contribution in [3.8, 4) is 11.3 Å². The number of benzene rings is 2. The van der Waals surface area contributed by atoms with Crippen LogP contribution >= 0.6 is 0 Å². The Morgan fingerprint density at radius 3 is 2.29 bits per heavy atom. The topological polar surface area (TPSA) is 53.1 Å². The van der Waals surface area contributed by atoms with Crippen molar-refractivity contribution in [2.75, 3.05) is 28.6 Å². The van der Waals surface area contributed by atoms with Crippen molar-refractivity contribution in [2.45, 2.75) is 32.7 Å². The lowest BCUT2D eigenvalue weighted by Crippen LogP contribution is -2.17. The molecule has 0 spiro atoms. The van der Waals surface area contributed by atoms with Crippen LogP contribution in [-0.4, -0.2) is 29.1 Å². The molecule has 0 saturated carbocycles. The van der Waals surface area contributed by atoms with Gasteiger partial charge in [0, 0.05) is 42.1 Å². The maximum atomic E-state index is 4.68. The molecule has 2 N–H and O–H groups in total. The number of nitrogens with one attached hydrogen (secondary N) is 2. The lowest BCUT2D eigenvalue weighted by Gasteiger charge is -2.18. The Kier molecular flexibility index (Phi) is 5.42. The molecular formula is C23H27N5. The summed E-state index contributed by atoms with van der Waals surface area (Å²) in [6.07, 6.45) is 2.57. The number of nitrogens with zero attached hydrogens (tertiary/aromatic N) is 3. The minimum absolute atomic E-state index is 0.263. The Balaban J connectivity index is 1.59. The van der Waals surface area contributed by atoms with E-state index in [9.17, 15) is 0 Å². The van der Waals surface area contributed by atoms with Gasteiger partial charge in [0.25, 0.3) is 0 Å². The number of anilines is 4. The van der Waals surface area contributed by atoms with E-state index >= 15 is 0 Å². The van der Waals surface area contributed by atoms with Gasteiger partial charge < -0.3 is 15.5 Å². The summed E-state index contributed by atoms with van der Waals surface area (Å²) in [5, 5.41) is 6.75. The number of aromatic nitrogens is 2. The highest BCUT2D eigenvalue weighted by molar-refractivity contribution is 5.68. The molecule has 0 unspecified atom stereocenters. The van der Waals surface area contributed by atoms with Crippen LogP contribution in [0.2, 0.25) is 0 Å². The van der Waals surface area contributed by atoms with Crippen molar-refractivity contribution in [1.82, 2.24) is 9.97 Å². The number of hydrogen-bond donors (Lipinski definition) is 2. The molecule has 1 aromatic heterocycles. The van der Waals surface area contributed by atoms with Gasteiger partial charge in [-0.15, -0.1) is 0 Å². The molecule has 5 heteroatoms. The summed E-state index contributed by atoms with van der Waals surface area (Å²) in [6, 6.07) is 21.1. The van der Waals surface area contributed by atoms with E-state index in [2.05, 4.69) is 75.7 Å². The summed E-state index contributed by atoms with van der Waals surface area (Å²) in [7, 11) is 0. The highest BCUT2D eigenvalue weighted by Crippen LogP contribution is 2.26. The van der Waals surface area contributed by atoms with E-state index in [1.807, 2.05) is 24.3 Å². The minimum Gasteiger partial charge on any atom is -0.372 e. The van der Waals surface area contributed by atoms with Crippen LogP contribution in [0.4, 0.5) is 23.1 Å². The maximum absolute atomic E-state index is 4.68. The first-order valence-electron chi connectivity index (χ1n) is 10.0. The zero-order valence-electron chi connectivity index (χ0n) is 16.5. The molecule has 1 saturated heterocycles. The standard InChI is InChI=1S/C23H27N5/c1-17(2)24-23-26-21(18-8-4-3-5-9-18)16-22(27-23)25-19-10-12-20(13-11-19)28-14-6-7-15-28/h3-5,8-13,16-17H,6-7,14-15H2,1-2H3,(H2,24,25,26,27). The molecule has 1 aliphatic heterocycles. The SMILES string of the molecule is CC(C)Nc1nc(Nc2ccc(N3CCCC3)cc2)cc(-c2ccccc2)n1. The van der Waals surface area contributed by atoms with Crippen LogP contribution < -0.4 is 15.5 Å². The van der Waals surface area contributed by atoms with Crippen LogP contribution in [0.5, 0.6) is 0 Å². The second-order valence-corrected chi connectivity index (χ2v) is 7.49. The summed E-state index contributed by atoms with van der Waals surface area (Å²) in [5.41, 5.74) is 4.29. The van der Waals surface area contributed by atoms with Gasteiger partial charge in [0.15, 0.2) is 0 Å². The first-order valence-corrected chi connectivity index (χ1v) is 10.0. The van der Waals surface area contributed by atoms with Crippen molar-refractivity contribution in [1.29, 1.82) is 0 Å². The molecule has 0 bridgehead atoms. The highest BCUT2D eigenvalue weighted by atomic mass is 15.2. The predicted octanol–water partition coefficient (Wildman–Crippen LogP) is 5.31. The number of rotatable bonds is 6. The summed E-state index contributed by atoms with van der Waals surface area (Å²) in [4.78, 5) is 11.8. The molecule has 3 aromatic rings. The van der Waals surface area contributed by atoms with Gasteiger partial charge in [-0.2, -0.15) is 4.98 Å². The molecule has 144 valence electrons. The molecule has 1 aliphatic rings. The third kappa shape index (κ3) is 4.42.